The van der Waals surface area contributed by atoms with E-state index in [0.29, 0.717) is 10.7 Å². The first-order valence-corrected chi connectivity index (χ1v) is 9.96. The Kier molecular flexibility index (Phi) is 6.27. The molecule has 0 aliphatic carbocycles. The van der Waals surface area contributed by atoms with Crippen LogP contribution in [0.5, 0.6) is 5.88 Å². The SMILES string of the molecule is Cc1cc(C)c(NC(=O)[C@H](C)Oc2ccc(=O)n(-c3cc(Cl)ccc3C)n2)c(C)c1. The Hall–Kier alpha value is -3.12. The summed E-state index contributed by atoms with van der Waals surface area (Å²) in [5.41, 5.74) is 4.94. The highest BCUT2D eigenvalue weighted by Crippen LogP contribution is 2.23. The topological polar surface area (TPSA) is 73.2 Å². The van der Waals surface area contributed by atoms with Crippen LogP contribution in [0.4, 0.5) is 5.69 Å². The van der Waals surface area contributed by atoms with Gasteiger partial charge in [-0.05, 0) is 63.4 Å². The summed E-state index contributed by atoms with van der Waals surface area (Å²) in [7, 11) is 0. The smallest absolute Gasteiger partial charge is 0.271 e. The third-order valence-corrected chi connectivity index (χ3v) is 5.00. The molecule has 1 amide bonds. The number of aromatic nitrogens is 2. The number of anilines is 1. The van der Waals surface area contributed by atoms with Crippen molar-refractivity contribution < 1.29 is 9.53 Å². The van der Waals surface area contributed by atoms with E-state index in [-0.39, 0.29) is 17.3 Å². The molecular formula is C23H24ClN3O3. The Morgan fingerprint density at radius 1 is 1.03 bits per heavy atom. The van der Waals surface area contributed by atoms with Crippen LogP contribution in [0, 0.1) is 27.7 Å². The fourth-order valence-electron chi connectivity index (χ4n) is 3.28. The summed E-state index contributed by atoms with van der Waals surface area (Å²) in [5.74, 6) is -0.141. The lowest BCUT2D eigenvalue weighted by atomic mass is 10.0. The van der Waals surface area contributed by atoms with Crippen LogP contribution < -0.4 is 15.6 Å². The Morgan fingerprint density at radius 2 is 1.70 bits per heavy atom. The van der Waals surface area contributed by atoms with E-state index < -0.39 is 6.10 Å². The van der Waals surface area contributed by atoms with Gasteiger partial charge in [0.05, 0.1) is 5.69 Å². The van der Waals surface area contributed by atoms with Crippen molar-refractivity contribution in [3.8, 4) is 11.6 Å². The van der Waals surface area contributed by atoms with E-state index in [2.05, 4.69) is 10.4 Å². The van der Waals surface area contributed by atoms with Crippen molar-refractivity contribution >= 4 is 23.2 Å². The number of nitrogens with zero attached hydrogens (tertiary/aromatic N) is 2. The molecular weight excluding hydrogens is 402 g/mol. The van der Waals surface area contributed by atoms with Crippen LogP contribution in [0.2, 0.25) is 5.02 Å². The molecule has 7 heteroatoms. The van der Waals surface area contributed by atoms with E-state index in [1.165, 1.54) is 16.8 Å². The van der Waals surface area contributed by atoms with Crippen molar-refractivity contribution in [1.29, 1.82) is 0 Å². The second-order valence-electron chi connectivity index (χ2n) is 7.38. The summed E-state index contributed by atoms with van der Waals surface area (Å²) < 4.78 is 6.94. The standard InChI is InChI=1S/C23H24ClN3O3/c1-13-10-15(3)22(16(4)11-13)25-23(29)17(5)30-20-8-9-21(28)27(26-20)19-12-18(24)7-6-14(19)2/h6-12,17H,1-5H3,(H,25,29)/t17-/m0/s1. The number of amides is 1. The zero-order valence-electron chi connectivity index (χ0n) is 17.6. The van der Waals surface area contributed by atoms with Gasteiger partial charge in [0.2, 0.25) is 5.88 Å². The minimum absolute atomic E-state index is 0.161. The molecule has 2 aromatic carbocycles. The van der Waals surface area contributed by atoms with E-state index in [4.69, 9.17) is 16.3 Å². The molecule has 0 fully saturated rings. The number of hydrogen-bond acceptors (Lipinski definition) is 4. The molecule has 0 spiro atoms. The summed E-state index contributed by atoms with van der Waals surface area (Å²) >= 11 is 6.07. The lowest BCUT2D eigenvalue weighted by Gasteiger charge is -2.17. The van der Waals surface area contributed by atoms with Gasteiger partial charge in [0, 0.05) is 22.8 Å². The molecule has 1 heterocycles. The van der Waals surface area contributed by atoms with Crippen molar-refractivity contribution in [2.24, 2.45) is 0 Å². The number of aryl methyl sites for hydroxylation is 4. The van der Waals surface area contributed by atoms with Crippen molar-refractivity contribution in [3.63, 3.8) is 0 Å². The van der Waals surface area contributed by atoms with E-state index >= 15 is 0 Å². The van der Waals surface area contributed by atoms with Gasteiger partial charge in [-0.25, -0.2) is 0 Å². The summed E-state index contributed by atoms with van der Waals surface area (Å²) in [5, 5.41) is 7.68. The van der Waals surface area contributed by atoms with Crippen molar-refractivity contribution in [1.82, 2.24) is 9.78 Å². The predicted octanol–water partition coefficient (Wildman–Crippen LogP) is 4.53. The lowest BCUT2D eigenvalue weighted by Crippen LogP contribution is -2.32. The molecule has 0 aliphatic rings. The molecule has 6 nitrogen and oxygen atoms in total. The minimum atomic E-state index is -0.816. The van der Waals surface area contributed by atoms with Crippen LogP contribution in [0.1, 0.15) is 29.2 Å². The Bertz CT molecular complexity index is 1150. The number of carbonyl (C=O) groups is 1. The number of rotatable bonds is 5. The molecule has 0 aliphatic heterocycles. The highest BCUT2D eigenvalue weighted by atomic mass is 35.5. The molecule has 156 valence electrons. The molecule has 1 N–H and O–H groups in total. The molecule has 0 saturated heterocycles. The van der Waals surface area contributed by atoms with Gasteiger partial charge in [-0.15, -0.1) is 5.10 Å². The lowest BCUT2D eigenvalue weighted by molar-refractivity contribution is -0.122. The van der Waals surface area contributed by atoms with Gasteiger partial charge >= 0.3 is 0 Å². The monoisotopic (exact) mass is 425 g/mol. The average Bonchev–Trinajstić information content (AvgIpc) is 2.68. The van der Waals surface area contributed by atoms with E-state index in [1.54, 1.807) is 19.1 Å². The van der Waals surface area contributed by atoms with E-state index in [1.807, 2.05) is 45.9 Å². The Balaban J connectivity index is 1.82. The molecule has 0 unspecified atom stereocenters. The fourth-order valence-corrected chi connectivity index (χ4v) is 3.44. The quantitative estimate of drug-likeness (QED) is 0.652. The van der Waals surface area contributed by atoms with Crippen molar-refractivity contribution in [3.05, 3.63) is 80.1 Å². The maximum Gasteiger partial charge on any atom is 0.271 e. The van der Waals surface area contributed by atoms with E-state index in [0.717, 1.165) is 27.9 Å². The number of halogens is 1. The summed E-state index contributed by atoms with van der Waals surface area (Å²) in [6, 6.07) is 12.0. The molecule has 0 radical (unpaired) electrons. The van der Waals surface area contributed by atoms with Crippen LogP contribution >= 0.6 is 11.6 Å². The molecule has 0 saturated carbocycles. The molecule has 3 rings (SSSR count). The van der Waals surface area contributed by atoms with Crippen LogP contribution in [-0.4, -0.2) is 21.8 Å². The van der Waals surface area contributed by atoms with Gasteiger partial charge in [0.25, 0.3) is 11.5 Å². The maximum atomic E-state index is 12.7. The van der Waals surface area contributed by atoms with Crippen LogP contribution in [0.25, 0.3) is 5.69 Å². The minimum Gasteiger partial charge on any atom is -0.463 e. The molecule has 3 aromatic rings. The van der Waals surface area contributed by atoms with Gasteiger partial charge < -0.3 is 10.1 Å². The van der Waals surface area contributed by atoms with Gasteiger partial charge in [0.1, 0.15) is 0 Å². The second kappa shape index (κ2) is 8.71. The zero-order valence-corrected chi connectivity index (χ0v) is 18.4. The van der Waals surface area contributed by atoms with Crippen molar-refractivity contribution in [2.75, 3.05) is 5.32 Å². The Labute approximate surface area is 180 Å². The largest absolute Gasteiger partial charge is 0.463 e. The second-order valence-corrected chi connectivity index (χ2v) is 7.81. The van der Waals surface area contributed by atoms with E-state index in [9.17, 15) is 9.59 Å². The normalized spacial score (nSPS) is 11.8. The highest BCUT2D eigenvalue weighted by molar-refractivity contribution is 6.30. The molecule has 0 bridgehead atoms. The molecule has 1 atom stereocenters. The first-order valence-electron chi connectivity index (χ1n) is 9.58. The van der Waals surface area contributed by atoms with Gasteiger partial charge in [-0.2, -0.15) is 4.68 Å². The Morgan fingerprint density at radius 3 is 2.37 bits per heavy atom. The molecule has 30 heavy (non-hydrogen) atoms. The van der Waals surface area contributed by atoms with Crippen LogP contribution in [0.3, 0.4) is 0 Å². The van der Waals surface area contributed by atoms with Crippen LogP contribution in [0.15, 0.2) is 47.3 Å². The number of benzene rings is 2. The van der Waals surface area contributed by atoms with Gasteiger partial charge in [-0.3, -0.25) is 9.59 Å². The number of carbonyl (C=O) groups excluding carboxylic acids is 1. The average molecular weight is 426 g/mol. The first-order chi connectivity index (χ1) is 14.2. The van der Waals surface area contributed by atoms with Crippen molar-refractivity contribution in [2.45, 2.75) is 40.7 Å². The summed E-state index contributed by atoms with van der Waals surface area (Å²) in [6.45, 7) is 9.41. The third kappa shape index (κ3) is 4.71. The summed E-state index contributed by atoms with van der Waals surface area (Å²) in [6.07, 6.45) is -0.816. The third-order valence-electron chi connectivity index (χ3n) is 4.77. The zero-order chi connectivity index (χ0) is 22.0. The highest BCUT2D eigenvalue weighted by Gasteiger charge is 2.18. The number of nitrogens with one attached hydrogen (secondary N) is 1. The predicted molar refractivity (Wildman–Crippen MR) is 119 cm³/mol. The maximum absolute atomic E-state index is 12.7. The number of ether oxygens (including phenoxy) is 1. The number of hydrogen-bond donors (Lipinski definition) is 1. The fraction of sp³-hybridized carbons (Fsp3) is 0.261. The molecule has 1 aromatic heterocycles. The van der Waals surface area contributed by atoms with Gasteiger partial charge in [0.15, 0.2) is 6.10 Å². The first kappa shape index (κ1) is 21.6. The van der Waals surface area contributed by atoms with Gasteiger partial charge in [-0.1, -0.05) is 35.4 Å². The van der Waals surface area contributed by atoms with Crippen LogP contribution in [-0.2, 0) is 4.79 Å². The summed E-state index contributed by atoms with van der Waals surface area (Å²) in [4.78, 5) is 25.0.